The molecule has 2 rings (SSSR count). The minimum atomic E-state index is 0. The summed E-state index contributed by atoms with van der Waals surface area (Å²) < 4.78 is 10.9. The number of nitrogens with zero attached hydrogens (tertiary/aromatic N) is 1. The summed E-state index contributed by atoms with van der Waals surface area (Å²) in [5.41, 5.74) is 0. The van der Waals surface area contributed by atoms with Gasteiger partial charge in [-0.25, -0.2) is 0 Å². The van der Waals surface area contributed by atoms with Crippen molar-refractivity contribution in [2.45, 2.75) is 6.10 Å². The summed E-state index contributed by atoms with van der Waals surface area (Å²) >= 11 is 0. The van der Waals surface area contributed by atoms with Crippen LogP contribution in [0.25, 0.3) is 0 Å². The van der Waals surface area contributed by atoms with Crippen LogP contribution in [-0.4, -0.2) is 63.5 Å². The lowest BCUT2D eigenvalue weighted by Gasteiger charge is -2.32. The van der Waals surface area contributed by atoms with Crippen LogP contribution in [0, 0.1) is 0 Å². The fourth-order valence-corrected chi connectivity index (χ4v) is 1.81. The van der Waals surface area contributed by atoms with E-state index in [1.807, 2.05) is 0 Å². The molecular weight excluding hydrogens is 239 g/mol. The molecule has 15 heavy (non-hydrogen) atoms. The third kappa shape index (κ3) is 5.33. The Morgan fingerprint density at radius 2 is 1.87 bits per heavy atom. The molecule has 0 aromatic carbocycles. The largest absolute Gasteiger partial charge is 0.379 e. The van der Waals surface area contributed by atoms with Gasteiger partial charge in [0.15, 0.2) is 0 Å². The van der Waals surface area contributed by atoms with Gasteiger partial charge in [-0.05, 0) is 0 Å². The number of hydrogen-bond donors (Lipinski definition) is 1. The molecule has 0 spiro atoms. The van der Waals surface area contributed by atoms with Gasteiger partial charge in [-0.15, -0.1) is 24.8 Å². The van der Waals surface area contributed by atoms with Gasteiger partial charge in [0.2, 0.25) is 0 Å². The first kappa shape index (κ1) is 15.4. The highest BCUT2D eigenvalue weighted by Crippen LogP contribution is 2.02. The molecule has 2 fully saturated rings. The molecule has 2 aliphatic rings. The molecule has 0 amide bonds. The van der Waals surface area contributed by atoms with Crippen LogP contribution in [0.1, 0.15) is 0 Å². The zero-order valence-electron chi connectivity index (χ0n) is 8.81. The highest BCUT2D eigenvalue weighted by Gasteiger charge is 2.18. The van der Waals surface area contributed by atoms with Gasteiger partial charge in [-0.1, -0.05) is 0 Å². The van der Waals surface area contributed by atoms with Gasteiger partial charge >= 0.3 is 0 Å². The summed E-state index contributed by atoms with van der Waals surface area (Å²) in [6.07, 6.45) is 0.381. The molecule has 2 saturated heterocycles. The standard InChI is InChI=1S/C9H18N2O2.2ClH/c1-4-13-9(7-10-1)8-11-2-5-12-6-3-11;;/h9-10H,1-8H2;2*1H. The van der Waals surface area contributed by atoms with Crippen molar-refractivity contribution in [1.29, 1.82) is 0 Å². The molecule has 0 saturated carbocycles. The fourth-order valence-electron chi connectivity index (χ4n) is 1.81. The van der Waals surface area contributed by atoms with Crippen LogP contribution in [0.15, 0.2) is 0 Å². The summed E-state index contributed by atoms with van der Waals surface area (Å²) in [6.45, 7) is 7.77. The molecule has 2 aliphatic heterocycles. The smallest absolute Gasteiger partial charge is 0.0826 e. The van der Waals surface area contributed by atoms with Crippen LogP contribution in [0.2, 0.25) is 0 Å². The van der Waals surface area contributed by atoms with Crippen molar-refractivity contribution >= 4 is 24.8 Å². The highest BCUT2D eigenvalue weighted by atomic mass is 35.5. The predicted octanol–water partition coefficient (Wildman–Crippen LogP) is 0.151. The van der Waals surface area contributed by atoms with Crippen LogP contribution in [-0.2, 0) is 9.47 Å². The number of nitrogens with one attached hydrogen (secondary N) is 1. The Hall–Kier alpha value is 0.420. The Balaban J connectivity index is 0.000000980. The Bertz CT molecular complexity index is 135. The van der Waals surface area contributed by atoms with E-state index in [0.717, 1.165) is 52.5 Å². The fraction of sp³-hybridized carbons (Fsp3) is 1.00. The summed E-state index contributed by atoms with van der Waals surface area (Å²) in [5, 5.41) is 3.34. The molecule has 2 heterocycles. The third-order valence-electron chi connectivity index (χ3n) is 2.57. The van der Waals surface area contributed by atoms with E-state index in [0.29, 0.717) is 6.10 Å². The lowest BCUT2D eigenvalue weighted by Crippen LogP contribution is -2.48. The second-order valence-corrected chi connectivity index (χ2v) is 3.61. The Morgan fingerprint density at radius 1 is 1.13 bits per heavy atom. The zero-order valence-corrected chi connectivity index (χ0v) is 10.4. The molecule has 0 radical (unpaired) electrons. The van der Waals surface area contributed by atoms with Gasteiger partial charge in [0.25, 0.3) is 0 Å². The molecule has 0 aliphatic carbocycles. The van der Waals surface area contributed by atoms with E-state index < -0.39 is 0 Å². The van der Waals surface area contributed by atoms with Crippen LogP contribution in [0.3, 0.4) is 0 Å². The number of ether oxygens (including phenoxy) is 2. The van der Waals surface area contributed by atoms with E-state index in [1.165, 1.54) is 0 Å². The normalized spacial score (nSPS) is 27.6. The average Bonchev–Trinajstić information content (AvgIpc) is 2.21. The van der Waals surface area contributed by atoms with Crippen molar-refractivity contribution in [1.82, 2.24) is 10.2 Å². The average molecular weight is 259 g/mol. The Labute approximate surface area is 103 Å². The van der Waals surface area contributed by atoms with E-state index in [2.05, 4.69) is 10.2 Å². The summed E-state index contributed by atoms with van der Waals surface area (Å²) in [4.78, 5) is 2.42. The minimum absolute atomic E-state index is 0. The van der Waals surface area contributed by atoms with Crippen LogP contribution in [0.5, 0.6) is 0 Å². The maximum Gasteiger partial charge on any atom is 0.0826 e. The van der Waals surface area contributed by atoms with E-state index in [-0.39, 0.29) is 24.8 Å². The van der Waals surface area contributed by atoms with Crippen LogP contribution < -0.4 is 5.32 Å². The highest BCUT2D eigenvalue weighted by molar-refractivity contribution is 5.85. The molecule has 0 aromatic rings. The summed E-state index contributed by atoms with van der Waals surface area (Å²) in [6, 6.07) is 0. The molecular formula is C9H20Cl2N2O2. The van der Waals surface area contributed by atoms with Crippen molar-refractivity contribution in [2.75, 3.05) is 52.5 Å². The number of hydrogen-bond acceptors (Lipinski definition) is 4. The first-order chi connectivity index (χ1) is 6.45. The van der Waals surface area contributed by atoms with Crippen molar-refractivity contribution in [3.63, 3.8) is 0 Å². The monoisotopic (exact) mass is 258 g/mol. The SMILES string of the molecule is C1COC(CN2CCOCC2)CN1.Cl.Cl. The molecule has 1 N–H and O–H groups in total. The molecule has 0 aromatic heterocycles. The zero-order chi connectivity index (χ0) is 8.93. The number of rotatable bonds is 2. The molecule has 1 atom stereocenters. The maximum absolute atomic E-state index is 5.64. The molecule has 0 bridgehead atoms. The van der Waals surface area contributed by atoms with Crippen molar-refractivity contribution in [3.05, 3.63) is 0 Å². The number of halogens is 2. The van der Waals surface area contributed by atoms with Crippen molar-refractivity contribution < 1.29 is 9.47 Å². The van der Waals surface area contributed by atoms with Gasteiger partial charge in [-0.2, -0.15) is 0 Å². The van der Waals surface area contributed by atoms with E-state index in [4.69, 9.17) is 9.47 Å². The maximum atomic E-state index is 5.64. The molecule has 6 heteroatoms. The summed E-state index contributed by atoms with van der Waals surface area (Å²) in [7, 11) is 0. The Kier molecular flexibility index (Phi) is 8.80. The van der Waals surface area contributed by atoms with Gasteiger partial charge < -0.3 is 14.8 Å². The van der Waals surface area contributed by atoms with Crippen molar-refractivity contribution in [3.8, 4) is 0 Å². The first-order valence-corrected chi connectivity index (χ1v) is 5.07. The van der Waals surface area contributed by atoms with Crippen LogP contribution >= 0.6 is 24.8 Å². The van der Waals surface area contributed by atoms with E-state index >= 15 is 0 Å². The van der Waals surface area contributed by atoms with Gasteiger partial charge in [0.1, 0.15) is 0 Å². The third-order valence-corrected chi connectivity index (χ3v) is 2.57. The quantitative estimate of drug-likeness (QED) is 0.765. The van der Waals surface area contributed by atoms with Gasteiger partial charge in [0, 0.05) is 32.7 Å². The molecule has 92 valence electrons. The second kappa shape index (κ2) is 8.56. The van der Waals surface area contributed by atoms with Gasteiger partial charge in [-0.3, -0.25) is 4.90 Å². The van der Waals surface area contributed by atoms with E-state index in [1.54, 1.807) is 0 Å². The number of morpholine rings is 2. The second-order valence-electron chi connectivity index (χ2n) is 3.61. The Morgan fingerprint density at radius 3 is 2.47 bits per heavy atom. The predicted molar refractivity (Wildman–Crippen MR) is 64.4 cm³/mol. The lowest BCUT2D eigenvalue weighted by atomic mass is 10.2. The first-order valence-electron chi connectivity index (χ1n) is 5.07. The van der Waals surface area contributed by atoms with E-state index in [9.17, 15) is 0 Å². The van der Waals surface area contributed by atoms with Gasteiger partial charge in [0.05, 0.1) is 25.9 Å². The van der Waals surface area contributed by atoms with Crippen molar-refractivity contribution in [2.24, 2.45) is 0 Å². The summed E-state index contributed by atoms with van der Waals surface area (Å²) in [5.74, 6) is 0. The molecule has 1 unspecified atom stereocenters. The molecule has 4 nitrogen and oxygen atoms in total. The lowest BCUT2D eigenvalue weighted by molar-refractivity contribution is -0.0230. The minimum Gasteiger partial charge on any atom is -0.379 e. The van der Waals surface area contributed by atoms with Crippen LogP contribution in [0.4, 0.5) is 0 Å². The topological polar surface area (TPSA) is 33.7 Å².